The number of benzene rings is 2. The van der Waals surface area contributed by atoms with Crippen molar-refractivity contribution >= 4 is 28.9 Å². The fraction of sp³-hybridized carbons (Fsp3) is 0.0714. The maximum atomic E-state index is 8.75. The highest BCUT2D eigenvalue weighted by Gasteiger charge is 2.01. The van der Waals surface area contributed by atoms with E-state index in [4.69, 9.17) is 28.5 Å². The van der Waals surface area contributed by atoms with Gasteiger partial charge in [-0.1, -0.05) is 35.3 Å². The summed E-state index contributed by atoms with van der Waals surface area (Å²) in [4.78, 5) is 0. The Kier molecular flexibility index (Phi) is 4.09. The normalized spacial score (nSPS) is 9.83. The van der Waals surface area contributed by atoms with E-state index in [1.54, 1.807) is 18.2 Å². The predicted molar refractivity (Wildman–Crippen MR) is 74.9 cm³/mol. The number of rotatable bonds is 3. The fourth-order valence-electron chi connectivity index (χ4n) is 1.53. The molecule has 0 aliphatic carbocycles. The second-order valence-corrected chi connectivity index (χ2v) is 4.63. The molecule has 0 fully saturated rings. The van der Waals surface area contributed by atoms with Crippen LogP contribution in [-0.2, 0) is 6.54 Å². The third-order valence-electron chi connectivity index (χ3n) is 2.49. The Labute approximate surface area is 116 Å². The van der Waals surface area contributed by atoms with Gasteiger partial charge in [0.05, 0.1) is 22.3 Å². The van der Waals surface area contributed by atoms with Crippen LogP contribution in [0.5, 0.6) is 0 Å². The first-order chi connectivity index (χ1) is 8.69. The Morgan fingerprint density at radius 2 is 1.78 bits per heavy atom. The number of anilines is 1. The van der Waals surface area contributed by atoms with Crippen LogP contribution in [0.1, 0.15) is 11.1 Å². The molecule has 1 N–H and O–H groups in total. The lowest BCUT2D eigenvalue weighted by atomic mass is 10.2. The van der Waals surface area contributed by atoms with Gasteiger partial charge < -0.3 is 5.32 Å². The number of halogens is 2. The summed E-state index contributed by atoms with van der Waals surface area (Å²) in [5, 5.41) is 13.2. The van der Waals surface area contributed by atoms with Crippen molar-refractivity contribution in [2.45, 2.75) is 6.54 Å². The van der Waals surface area contributed by atoms with Gasteiger partial charge in [-0.2, -0.15) is 5.26 Å². The minimum absolute atomic E-state index is 0.544. The fourth-order valence-corrected chi connectivity index (χ4v) is 1.90. The largest absolute Gasteiger partial charge is 0.380 e. The van der Waals surface area contributed by atoms with E-state index in [0.29, 0.717) is 17.1 Å². The van der Waals surface area contributed by atoms with E-state index in [-0.39, 0.29) is 0 Å². The lowest BCUT2D eigenvalue weighted by Crippen LogP contribution is -1.99. The van der Waals surface area contributed by atoms with Gasteiger partial charge in [0.15, 0.2) is 0 Å². The van der Waals surface area contributed by atoms with Crippen LogP contribution in [0.2, 0.25) is 10.0 Å². The lowest BCUT2D eigenvalue weighted by molar-refractivity contribution is 1.15. The van der Waals surface area contributed by atoms with Crippen molar-refractivity contribution in [3.05, 3.63) is 63.6 Å². The highest BCUT2D eigenvalue weighted by atomic mass is 35.5. The molecule has 0 radical (unpaired) electrons. The van der Waals surface area contributed by atoms with E-state index in [1.807, 2.05) is 30.3 Å². The van der Waals surface area contributed by atoms with Crippen LogP contribution in [0.15, 0.2) is 42.5 Å². The number of nitrogens with zero attached hydrogens (tertiary/aromatic N) is 1. The monoisotopic (exact) mass is 276 g/mol. The molecule has 0 saturated heterocycles. The summed E-state index contributed by atoms with van der Waals surface area (Å²) in [6, 6.07) is 14.8. The molecule has 0 saturated carbocycles. The molecule has 0 aromatic heterocycles. The third-order valence-corrected chi connectivity index (χ3v) is 3.06. The molecule has 2 nitrogen and oxygen atoms in total. The molecule has 2 aromatic carbocycles. The second kappa shape index (κ2) is 5.77. The molecular weight excluding hydrogens is 267 g/mol. The Bertz CT molecular complexity index is 586. The average Bonchev–Trinajstić information content (AvgIpc) is 2.39. The average molecular weight is 277 g/mol. The second-order valence-electron chi connectivity index (χ2n) is 3.79. The van der Waals surface area contributed by atoms with Crippen molar-refractivity contribution < 1.29 is 0 Å². The van der Waals surface area contributed by atoms with E-state index >= 15 is 0 Å². The van der Waals surface area contributed by atoms with Crippen molar-refractivity contribution in [1.29, 1.82) is 5.26 Å². The lowest BCUT2D eigenvalue weighted by Gasteiger charge is -2.08. The summed E-state index contributed by atoms with van der Waals surface area (Å²) in [5.74, 6) is 0. The zero-order chi connectivity index (χ0) is 13.0. The molecule has 4 heteroatoms. The van der Waals surface area contributed by atoms with E-state index in [9.17, 15) is 0 Å². The van der Waals surface area contributed by atoms with Crippen LogP contribution in [-0.4, -0.2) is 0 Å². The Hall–Kier alpha value is -1.69. The Balaban J connectivity index is 2.06. The van der Waals surface area contributed by atoms with Crippen molar-refractivity contribution in [2.24, 2.45) is 0 Å². The standard InChI is InChI=1S/C14H10Cl2N2/c15-12-4-1-10(2-5-12)9-18-14-6-3-11(8-17)7-13(14)16/h1-7,18H,9H2. The molecule has 0 bridgehead atoms. The quantitative estimate of drug-likeness (QED) is 0.898. The van der Waals surface area contributed by atoms with Gasteiger partial charge in [-0.25, -0.2) is 0 Å². The predicted octanol–water partition coefficient (Wildman–Crippen LogP) is 4.48. The zero-order valence-corrected chi connectivity index (χ0v) is 11.0. The summed E-state index contributed by atoms with van der Waals surface area (Å²) >= 11 is 11.9. The summed E-state index contributed by atoms with van der Waals surface area (Å²) in [7, 11) is 0. The van der Waals surface area contributed by atoms with Gasteiger partial charge in [-0.15, -0.1) is 0 Å². The molecule has 0 unspecified atom stereocenters. The molecule has 0 atom stereocenters. The van der Waals surface area contributed by atoms with Crippen LogP contribution in [0, 0.1) is 11.3 Å². The number of nitriles is 1. The highest BCUT2D eigenvalue weighted by molar-refractivity contribution is 6.33. The van der Waals surface area contributed by atoms with Crippen molar-refractivity contribution in [1.82, 2.24) is 0 Å². The van der Waals surface area contributed by atoms with Gasteiger partial charge in [-0.05, 0) is 35.9 Å². The van der Waals surface area contributed by atoms with E-state index in [0.717, 1.165) is 16.3 Å². The molecule has 18 heavy (non-hydrogen) atoms. The first kappa shape index (κ1) is 12.8. The van der Waals surface area contributed by atoms with Crippen LogP contribution in [0.25, 0.3) is 0 Å². The van der Waals surface area contributed by atoms with E-state index in [2.05, 4.69) is 5.32 Å². The third kappa shape index (κ3) is 3.16. The van der Waals surface area contributed by atoms with E-state index in [1.165, 1.54) is 0 Å². The number of hydrogen-bond donors (Lipinski definition) is 1. The van der Waals surface area contributed by atoms with Gasteiger partial charge in [0.25, 0.3) is 0 Å². The van der Waals surface area contributed by atoms with Gasteiger partial charge in [0.1, 0.15) is 0 Å². The molecule has 0 heterocycles. The number of hydrogen-bond acceptors (Lipinski definition) is 2. The van der Waals surface area contributed by atoms with Crippen molar-refractivity contribution in [2.75, 3.05) is 5.32 Å². The molecule has 2 aromatic rings. The smallest absolute Gasteiger partial charge is 0.0992 e. The maximum Gasteiger partial charge on any atom is 0.0992 e. The Morgan fingerprint density at radius 3 is 2.39 bits per heavy atom. The van der Waals surface area contributed by atoms with Crippen LogP contribution >= 0.6 is 23.2 Å². The molecule has 0 aliphatic rings. The van der Waals surface area contributed by atoms with Gasteiger partial charge >= 0.3 is 0 Å². The summed E-state index contributed by atoms with van der Waals surface area (Å²) < 4.78 is 0. The summed E-state index contributed by atoms with van der Waals surface area (Å²) in [6.07, 6.45) is 0. The van der Waals surface area contributed by atoms with Gasteiger partial charge in [-0.3, -0.25) is 0 Å². The van der Waals surface area contributed by atoms with Crippen LogP contribution in [0.3, 0.4) is 0 Å². The van der Waals surface area contributed by atoms with E-state index < -0.39 is 0 Å². The molecule has 0 aliphatic heterocycles. The van der Waals surface area contributed by atoms with Gasteiger partial charge in [0.2, 0.25) is 0 Å². The van der Waals surface area contributed by atoms with Crippen LogP contribution < -0.4 is 5.32 Å². The minimum Gasteiger partial charge on any atom is -0.380 e. The van der Waals surface area contributed by atoms with Crippen molar-refractivity contribution in [3.63, 3.8) is 0 Å². The minimum atomic E-state index is 0.544. The molecule has 90 valence electrons. The van der Waals surface area contributed by atoms with Gasteiger partial charge in [0, 0.05) is 11.6 Å². The summed E-state index contributed by atoms with van der Waals surface area (Å²) in [5.41, 5.74) is 2.47. The Morgan fingerprint density at radius 1 is 1.06 bits per heavy atom. The molecule has 2 rings (SSSR count). The number of nitrogens with one attached hydrogen (secondary N) is 1. The first-order valence-corrected chi connectivity index (χ1v) is 6.12. The molecule has 0 amide bonds. The molecule has 0 spiro atoms. The van der Waals surface area contributed by atoms with Crippen molar-refractivity contribution in [3.8, 4) is 6.07 Å². The SMILES string of the molecule is N#Cc1ccc(NCc2ccc(Cl)cc2)c(Cl)c1. The highest BCUT2D eigenvalue weighted by Crippen LogP contribution is 2.23. The first-order valence-electron chi connectivity index (χ1n) is 5.37. The topological polar surface area (TPSA) is 35.8 Å². The maximum absolute atomic E-state index is 8.75. The summed E-state index contributed by atoms with van der Waals surface area (Å²) in [6.45, 7) is 0.656. The zero-order valence-electron chi connectivity index (χ0n) is 9.45. The van der Waals surface area contributed by atoms with Crippen LogP contribution in [0.4, 0.5) is 5.69 Å². The molecular formula is C14H10Cl2N2.